The maximum atomic E-state index is 13.0. The lowest BCUT2D eigenvalue weighted by Gasteiger charge is -2.15. The molecule has 4 rings (SSSR count). The first-order chi connectivity index (χ1) is 14.5. The monoisotopic (exact) mass is 425 g/mol. The number of methoxy groups -OCH3 is 1. The number of nitrogens with zero attached hydrogens (tertiary/aromatic N) is 2. The van der Waals surface area contributed by atoms with E-state index in [1.807, 2.05) is 42.5 Å². The van der Waals surface area contributed by atoms with Crippen molar-refractivity contribution in [2.24, 2.45) is 5.92 Å². The van der Waals surface area contributed by atoms with E-state index in [1.165, 1.54) is 0 Å². The molecule has 0 saturated carbocycles. The third kappa shape index (κ3) is 3.83. The van der Waals surface area contributed by atoms with E-state index in [9.17, 15) is 4.79 Å². The Hall–Kier alpha value is -3.12. The van der Waals surface area contributed by atoms with Gasteiger partial charge in [-0.3, -0.25) is 19.1 Å². The molecule has 0 radical (unpaired) electrons. The van der Waals surface area contributed by atoms with Gasteiger partial charge >= 0.3 is 0 Å². The Morgan fingerprint density at radius 1 is 1.07 bits per heavy atom. The summed E-state index contributed by atoms with van der Waals surface area (Å²) >= 11 is 5.96. The number of aromatic amines is 1. The molecule has 2 aliphatic rings. The summed E-state index contributed by atoms with van der Waals surface area (Å²) in [5.41, 5.74) is 2.85. The van der Waals surface area contributed by atoms with Crippen LogP contribution in [0.2, 0.25) is 5.02 Å². The van der Waals surface area contributed by atoms with E-state index >= 15 is 0 Å². The Morgan fingerprint density at radius 3 is 2.47 bits per heavy atom. The van der Waals surface area contributed by atoms with Crippen LogP contribution in [0.1, 0.15) is 20.3 Å². The molecule has 30 heavy (non-hydrogen) atoms. The van der Waals surface area contributed by atoms with Crippen molar-refractivity contribution in [2.45, 2.75) is 20.3 Å². The molecular weight excluding hydrogens is 402 g/mol. The van der Waals surface area contributed by atoms with Gasteiger partial charge in [0.25, 0.3) is 5.56 Å². The summed E-state index contributed by atoms with van der Waals surface area (Å²) < 4.78 is 14.8. The van der Waals surface area contributed by atoms with Crippen molar-refractivity contribution in [3.8, 4) is 34.1 Å². The average Bonchev–Trinajstić information content (AvgIpc) is 3.31. The zero-order valence-electron chi connectivity index (χ0n) is 17.2. The SMILES string of the molecule is CCC(C)COc1ccc(-n2cc3[nH]n(-c4ccc(Cl)cc4)cc-3c2=O)cc1OC. The Labute approximate surface area is 179 Å². The van der Waals surface area contributed by atoms with Gasteiger partial charge in [0, 0.05) is 23.5 Å². The van der Waals surface area contributed by atoms with Crippen molar-refractivity contribution >= 4 is 11.6 Å². The summed E-state index contributed by atoms with van der Waals surface area (Å²) in [6.07, 6.45) is 4.63. The van der Waals surface area contributed by atoms with E-state index < -0.39 is 0 Å². The fourth-order valence-corrected chi connectivity index (χ4v) is 3.34. The summed E-state index contributed by atoms with van der Waals surface area (Å²) in [5, 5.41) is 3.90. The second kappa shape index (κ2) is 8.32. The van der Waals surface area contributed by atoms with Gasteiger partial charge in [0.2, 0.25) is 0 Å². The van der Waals surface area contributed by atoms with Crippen molar-refractivity contribution in [3.63, 3.8) is 0 Å². The molecule has 0 aliphatic carbocycles. The molecular formula is C23H24ClN3O3. The lowest BCUT2D eigenvalue weighted by atomic mass is 10.1. The third-order valence-electron chi connectivity index (χ3n) is 5.25. The van der Waals surface area contributed by atoms with Crippen LogP contribution < -0.4 is 15.0 Å². The zero-order valence-corrected chi connectivity index (χ0v) is 17.9. The topological polar surface area (TPSA) is 61.2 Å². The molecule has 7 heteroatoms. The van der Waals surface area contributed by atoms with E-state index in [2.05, 4.69) is 18.9 Å². The predicted molar refractivity (Wildman–Crippen MR) is 119 cm³/mol. The van der Waals surface area contributed by atoms with Gasteiger partial charge in [-0.05, 0) is 42.3 Å². The van der Waals surface area contributed by atoms with Gasteiger partial charge in [-0.25, -0.2) is 0 Å². The van der Waals surface area contributed by atoms with E-state index in [-0.39, 0.29) is 5.56 Å². The fraction of sp³-hybridized carbons (Fsp3) is 0.261. The molecule has 0 bridgehead atoms. The number of fused-ring (bicyclic) bond motifs is 1. The molecule has 156 valence electrons. The molecule has 0 spiro atoms. The first kappa shape index (κ1) is 20.2. The zero-order chi connectivity index (χ0) is 21.3. The number of ether oxygens (including phenoxy) is 2. The van der Waals surface area contributed by atoms with Crippen LogP contribution in [0.25, 0.3) is 22.6 Å². The molecule has 0 fully saturated rings. The molecule has 1 N–H and O–H groups in total. The normalized spacial score (nSPS) is 12.3. The molecule has 2 aromatic carbocycles. The largest absolute Gasteiger partial charge is 0.493 e. The number of halogens is 1. The van der Waals surface area contributed by atoms with Gasteiger partial charge in [0.1, 0.15) is 0 Å². The van der Waals surface area contributed by atoms with E-state index in [1.54, 1.807) is 28.8 Å². The van der Waals surface area contributed by atoms with Gasteiger partial charge in [-0.15, -0.1) is 0 Å². The highest BCUT2D eigenvalue weighted by atomic mass is 35.5. The van der Waals surface area contributed by atoms with E-state index in [0.717, 1.165) is 23.5 Å². The number of aromatic nitrogens is 3. The minimum atomic E-state index is -0.107. The maximum absolute atomic E-state index is 13.0. The fourth-order valence-electron chi connectivity index (χ4n) is 3.22. The van der Waals surface area contributed by atoms with E-state index in [4.69, 9.17) is 21.1 Å². The number of H-pyrrole nitrogens is 1. The lowest BCUT2D eigenvalue weighted by Crippen LogP contribution is -2.13. The first-order valence-electron chi connectivity index (χ1n) is 9.90. The summed E-state index contributed by atoms with van der Waals surface area (Å²) in [6.45, 7) is 4.90. The maximum Gasteiger partial charge on any atom is 0.266 e. The second-order valence-electron chi connectivity index (χ2n) is 7.38. The molecule has 2 aromatic rings. The second-order valence-corrected chi connectivity index (χ2v) is 7.81. The summed E-state index contributed by atoms with van der Waals surface area (Å²) in [4.78, 5) is 13.0. The van der Waals surface area contributed by atoms with Crippen molar-refractivity contribution in [1.29, 1.82) is 0 Å². The number of benzene rings is 2. The van der Waals surface area contributed by atoms with Gasteiger partial charge in [0.15, 0.2) is 11.5 Å². The number of nitrogens with one attached hydrogen (secondary N) is 1. The molecule has 2 heterocycles. The number of hydrogen-bond acceptors (Lipinski definition) is 3. The van der Waals surface area contributed by atoms with Crippen LogP contribution in [0.15, 0.2) is 59.7 Å². The standard InChI is InChI=1S/C23H24ClN3O3/c1-4-15(2)14-30-21-10-9-18(11-22(21)29-3)26-13-20-19(23(26)28)12-27(25-20)17-7-5-16(24)6-8-17/h5-13,15,25H,4,14H2,1-3H3. The lowest BCUT2D eigenvalue weighted by molar-refractivity contribution is 0.244. The van der Waals surface area contributed by atoms with Gasteiger partial charge in [0.05, 0.1) is 36.3 Å². The van der Waals surface area contributed by atoms with Crippen LogP contribution in [-0.2, 0) is 0 Å². The van der Waals surface area contributed by atoms with Gasteiger partial charge < -0.3 is 9.47 Å². The third-order valence-corrected chi connectivity index (χ3v) is 5.50. The molecule has 0 amide bonds. The molecule has 0 aromatic heterocycles. The van der Waals surface area contributed by atoms with Crippen LogP contribution in [0.4, 0.5) is 0 Å². The minimum absolute atomic E-state index is 0.107. The first-order valence-corrected chi connectivity index (χ1v) is 10.3. The Balaban J connectivity index is 1.65. The summed E-state index contributed by atoms with van der Waals surface area (Å²) in [6, 6.07) is 12.9. The quantitative estimate of drug-likeness (QED) is 0.445. The molecule has 2 aliphatic heterocycles. The average molecular weight is 426 g/mol. The van der Waals surface area contributed by atoms with Crippen LogP contribution >= 0.6 is 11.6 Å². The molecule has 1 atom stereocenters. The molecule has 0 saturated heterocycles. The van der Waals surface area contributed by atoms with Crippen molar-refractivity contribution in [3.05, 3.63) is 70.2 Å². The molecule has 1 unspecified atom stereocenters. The predicted octanol–water partition coefficient (Wildman–Crippen LogP) is 5.15. The minimum Gasteiger partial charge on any atom is -0.493 e. The Kier molecular flexibility index (Phi) is 5.59. The van der Waals surface area contributed by atoms with Gasteiger partial charge in [-0.2, -0.15) is 0 Å². The molecule has 6 nitrogen and oxygen atoms in total. The Bertz CT molecular complexity index is 1170. The highest BCUT2D eigenvalue weighted by molar-refractivity contribution is 6.30. The number of hydrogen-bond donors (Lipinski definition) is 1. The Morgan fingerprint density at radius 2 is 1.80 bits per heavy atom. The van der Waals surface area contributed by atoms with Crippen LogP contribution in [0.5, 0.6) is 11.5 Å². The van der Waals surface area contributed by atoms with Gasteiger partial charge in [-0.1, -0.05) is 31.9 Å². The van der Waals surface area contributed by atoms with Crippen molar-refractivity contribution < 1.29 is 9.47 Å². The van der Waals surface area contributed by atoms with Crippen molar-refractivity contribution in [2.75, 3.05) is 13.7 Å². The number of rotatable bonds is 7. The summed E-state index contributed by atoms with van der Waals surface area (Å²) in [5.74, 6) is 1.73. The highest BCUT2D eigenvalue weighted by Gasteiger charge is 2.18. The van der Waals surface area contributed by atoms with Crippen LogP contribution in [0.3, 0.4) is 0 Å². The van der Waals surface area contributed by atoms with E-state index in [0.29, 0.717) is 34.6 Å². The van der Waals surface area contributed by atoms with Crippen LogP contribution in [0, 0.1) is 5.92 Å². The van der Waals surface area contributed by atoms with Crippen LogP contribution in [-0.4, -0.2) is 28.1 Å². The summed E-state index contributed by atoms with van der Waals surface area (Å²) in [7, 11) is 1.60. The van der Waals surface area contributed by atoms with Crippen molar-refractivity contribution in [1.82, 2.24) is 14.3 Å². The highest BCUT2D eigenvalue weighted by Crippen LogP contribution is 2.31. The smallest absolute Gasteiger partial charge is 0.266 e.